The number of anilines is 1. The number of sulfonamides is 1. The van der Waals surface area contributed by atoms with Crippen LogP contribution in [-0.2, 0) is 10.0 Å². The van der Waals surface area contributed by atoms with Crippen molar-refractivity contribution in [1.82, 2.24) is 0 Å². The highest BCUT2D eigenvalue weighted by Gasteiger charge is 2.08. The third-order valence-corrected chi connectivity index (χ3v) is 3.22. The molecule has 94 valence electrons. The van der Waals surface area contributed by atoms with Gasteiger partial charge in [-0.2, -0.15) is 0 Å². The summed E-state index contributed by atoms with van der Waals surface area (Å²) in [7, 11) is -3.29. The van der Waals surface area contributed by atoms with Gasteiger partial charge in [-0.15, -0.1) is 0 Å². The van der Waals surface area contributed by atoms with Crippen molar-refractivity contribution in [2.45, 2.75) is 0 Å². The molecule has 5 heteroatoms. The van der Waals surface area contributed by atoms with Crippen LogP contribution in [0.4, 0.5) is 5.69 Å². The maximum absolute atomic E-state index is 11.3. The van der Waals surface area contributed by atoms with E-state index in [0.717, 1.165) is 17.4 Å². The van der Waals surface area contributed by atoms with E-state index >= 15 is 0 Å². The number of rotatable bonds is 3. The van der Waals surface area contributed by atoms with E-state index in [9.17, 15) is 8.42 Å². The molecule has 0 amide bonds. The highest BCUT2D eigenvalue weighted by Crippen LogP contribution is 2.29. The van der Waals surface area contributed by atoms with Crippen LogP contribution in [0.3, 0.4) is 0 Å². The summed E-state index contributed by atoms with van der Waals surface area (Å²) in [6, 6.07) is 14.5. The van der Waals surface area contributed by atoms with Crippen molar-refractivity contribution in [2.75, 3.05) is 11.0 Å². The Morgan fingerprint density at radius 3 is 2.22 bits per heavy atom. The van der Waals surface area contributed by atoms with E-state index in [0.29, 0.717) is 10.7 Å². The molecule has 2 aromatic rings. The number of nitrogens with one attached hydrogen (secondary N) is 1. The average molecular weight is 282 g/mol. The summed E-state index contributed by atoms with van der Waals surface area (Å²) in [5.41, 5.74) is 2.29. The number of halogens is 1. The molecule has 0 aliphatic heterocycles. The Bertz CT molecular complexity index is 651. The molecule has 0 unspecified atom stereocenters. The Hall–Kier alpha value is -1.52. The molecule has 0 bridgehead atoms. The predicted molar refractivity (Wildman–Crippen MR) is 75.4 cm³/mol. The molecule has 2 rings (SSSR count). The summed E-state index contributed by atoms with van der Waals surface area (Å²) < 4.78 is 25.1. The fourth-order valence-corrected chi connectivity index (χ4v) is 2.36. The molecule has 0 fully saturated rings. The normalized spacial score (nSPS) is 11.2. The van der Waals surface area contributed by atoms with E-state index in [4.69, 9.17) is 11.6 Å². The van der Waals surface area contributed by atoms with Crippen LogP contribution in [0.5, 0.6) is 0 Å². The Balaban J connectivity index is 2.48. The molecule has 18 heavy (non-hydrogen) atoms. The largest absolute Gasteiger partial charge is 0.283 e. The molecule has 0 radical (unpaired) electrons. The monoisotopic (exact) mass is 281 g/mol. The summed E-state index contributed by atoms with van der Waals surface area (Å²) >= 11 is 5.83. The lowest BCUT2D eigenvalue weighted by atomic mass is 10.0. The van der Waals surface area contributed by atoms with E-state index in [1.807, 2.05) is 24.3 Å². The molecule has 0 aliphatic rings. The van der Waals surface area contributed by atoms with Crippen molar-refractivity contribution in [2.24, 2.45) is 0 Å². The lowest BCUT2D eigenvalue weighted by molar-refractivity contribution is 0.607. The van der Waals surface area contributed by atoms with E-state index in [1.54, 1.807) is 24.3 Å². The zero-order valence-corrected chi connectivity index (χ0v) is 11.3. The maximum atomic E-state index is 11.3. The molecular formula is C13H12ClNO2S. The van der Waals surface area contributed by atoms with Crippen molar-refractivity contribution >= 4 is 27.3 Å². The van der Waals surface area contributed by atoms with E-state index in [1.165, 1.54) is 0 Å². The van der Waals surface area contributed by atoms with Gasteiger partial charge in [-0.05, 0) is 23.8 Å². The predicted octanol–water partition coefficient (Wildman–Crippen LogP) is 3.38. The Morgan fingerprint density at radius 2 is 1.61 bits per heavy atom. The molecule has 1 N–H and O–H groups in total. The molecule has 0 spiro atoms. The second-order valence-electron chi connectivity index (χ2n) is 3.93. The highest BCUT2D eigenvalue weighted by atomic mass is 35.5. The standard InChI is InChI=1S/C13H12ClNO2S/c1-18(16,17)15-13-5-3-2-4-12(13)10-6-8-11(14)9-7-10/h2-9,15H,1H3. The third kappa shape index (κ3) is 3.24. The van der Waals surface area contributed by atoms with Crippen LogP contribution in [0.25, 0.3) is 11.1 Å². The minimum atomic E-state index is -3.29. The Labute approximate surface area is 111 Å². The van der Waals surface area contributed by atoms with Gasteiger partial charge in [-0.25, -0.2) is 8.42 Å². The Kier molecular flexibility index (Phi) is 3.59. The van der Waals surface area contributed by atoms with Gasteiger partial charge in [0.05, 0.1) is 11.9 Å². The molecule has 2 aromatic carbocycles. The van der Waals surface area contributed by atoms with Crippen LogP contribution in [0.15, 0.2) is 48.5 Å². The minimum absolute atomic E-state index is 0.558. The van der Waals surface area contributed by atoms with Crippen LogP contribution in [0, 0.1) is 0 Å². The van der Waals surface area contributed by atoms with Crippen molar-refractivity contribution in [3.05, 3.63) is 53.6 Å². The van der Waals surface area contributed by atoms with Gasteiger partial charge in [0.2, 0.25) is 10.0 Å². The minimum Gasteiger partial charge on any atom is -0.283 e. The number of benzene rings is 2. The molecule has 0 saturated heterocycles. The fourth-order valence-electron chi connectivity index (χ4n) is 1.65. The van der Waals surface area contributed by atoms with Crippen molar-refractivity contribution in [3.63, 3.8) is 0 Å². The third-order valence-electron chi connectivity index (χ3n) is 2.38. The maximum Gasteiger partial charge on any atom is 0.229 e. The quantitative estimate of drug-likeness (QED) is 0.937. The van der Waals surface area contributed by atoms with E-state index < -0.39 is 10.0 Å². The second-order valence-corrected chi connectivity index (χ2v) is 6.11. The van der Waals surface area contributed by atoms with Gasteiger partial charge in [0.15, 0.2) is 0 Å². The molecule has 0 aromatic heterocycles. The van der Waals surface area contributed by atoms with Crippen LogP contribution in [0.1, 0.15) is 0 Å². The van der Waals surface area contributed by atoms with Crippen LogP contribution in [0.2, 0.25) is 5.02 Å². The topological polar surface area (TPSA) is 46.2 Å². The van der Waals surface area contributed by atoms with Crippen molar-refractivity contribution in [1.29, 1.82) is 0 Å². The Morgan fingerprint density at radius 1 is 1.00 bits per heavy atom. The summed E-state index contributed by atoms with van der Waals surface area (Å²) in [6.45, 7) is 0. The van der Waals surface area contributed by atoms with Gasteiger partial charge in [0.25, 0.3) is 0 Å². The number of para-hydroxylation sites is 1. The van der Waals surface area contributed by atoms with Gasteiger partial charge in [-0.3, -0.25) is 4.72 Å². The first-order valence-electron chi connectivity index (χ1n) is 5.28. The zero-order chi connectivity index (χ0) is 13.2. The van der Waals surface area contributed by atoms with E-state index in [2.05, 4.69) is 4.72 Å². The summed E-state index contributed by atoms with van der Waals surface area (Å²) in [5.74, 6) is 0. The lowest BCUT2D eigenvalue weighted by Crippen LogP contribution is -2.10. The SMILES string of the molecule is CS(=O)(=O)Nc1ccccc1-c1ccc(Cl)cc1. The van der Waals surface area contributed by atoms with Crippen molar-refractivity contribution < 1.29 is 8.42 Å². The molecule has 3 nitrogen and oxygen atoms in total. The second kappa shape index (κ2) is 5.00. The first-order valence-corrected chi connectivity index (χ1v) is 7.55. The van der Waals surface area contributed by atoms with Gasteiger partial charge in [0, 0.05) is 10.6 Å². The molecule has 0 heterocycles. The average Bonchev–Trinajstić information content (AvgIpc) is 2.29. The lowest BCUT2D eigenvalue weighted by Gasteiger charge is -2.10. The highest BCUT2D eigenvalue weighted by molar-refractivity contribution is 7.92. The van der Waals surface area contributed by atoms with Crippen molar-refractivity contribution in [3.8, 4) is 11.1 Å². The summed E-state index contributed by atoms with van der Waals surface area (Å²) in [6.07, 6.45) is 1.13. The van der Waals surface area contributed by atoms with Crippen LogP contribution >= 0.6 is 11.6 Å². The van der Waals surface area contributed by atoms with Crippen LogP contribution in [-0.4, -0.2) is 14.7 Å². The smallest absolute Gasteiger partial charge is 0.229 e. The molecule has 0 aliphatic carbocycles. The first-order chi connectivity index (χ1) is 8.46. The number of hydrogen-bond acceptors (Lipinski definition) is 2. The van der Waals surface area contributed by atoms with Gasteiger partial charge in [0.1, 0.15) is 0 Å². The fraction of sp³-hybridized carbons (Fsp3) is 0.0769. The summed E-state index contributed by atoms with van der Waals surface area (Å²) in [4.78, 5) is 0. The van der Waals surface area contributed by atoms with Crippen LogP contribution < -0.4 is 4.72 Å². The van der Waals surface area contributed by atoms with Gasteiger partial charge in [-0.1, -0.05) is 41.9 Å². The van der Waals surface area contributed by atoms with Gasteiger partial charge >= 0.3 is 0 Å². The number of hydrogen-bond donors (Lipinski definition) is 1. The molecule has 0 atom stereocenters. The summed E-state index contributed by atoms with van der Waals surface area (Å²) in [5, 5.41) is 0.646. The zero-order valence-electron chi connectivity index (χ0n) is 9.72. The molecule has 0 saturated carbocycles. The van der Waals surface area contributed by atoms with E-state index in [-0.39, 0.29) is 0 Å². The van der Waals surface area contributed by atoms with Gasteiger partial charge < -0.3 is 0 Å². The molecular weight excluding hydrogens is 270 g/mol. The first kappa shape index (κ1) is 12.9.